The van der Waals surface area contributed by atoms with Gasteiger partial charge in [-0.25, -0.2) is 9.69 Å². The van der Waals surface area contributed by atoms with Crippen LogP contribution in [-0.4, -0.2) is 40.5 Å². The highest BCUT2D eigenvalue weighted by molar-refractivity contribution is 7.10. The van der Waals surface area contributed by atoms with Crippen molar-refractivity contribution in [1.29, 1.82) is 0 Å². The molecule has 1 saturated carbocycles. The molecule has 1 N–H and O–H groups in total. The molecule has 3 aliphatic rings. The minimum absolute atomic E-state index is 0.0201. The summed E-state index contributed by atoms with van der Waals surface area (Å²) in [5.41, 5.74) is 0.722. The summed E-state index contributed by atoms with van der Waals surface area (Å²) in [5.74, 6) is 0.421. The maximum absolute atomic E-state index is 13.2. The highest BCUT2D eigenvalue weighted by Crippen LogP contribution is 2.46. The van der Waals surface area contributed by atoms with Crippen LogP contribution in [-0.2, 0) is 17.8 Å². The molecule has 0 radical (unpaired) electrons. The van der Waals surface area contributed by atoms with Crippen LogP contribution in [0.2, 0.25) is 0 Å². The third-order valence-corrected chi connectivity index (χ3v) is 6.88. The standard InChI is InChI=1S/C19H27N3O2S/c1-13-8-18(2,3)11-19(9-13)16(23)22(17(24)20-19)12-21-6-4-15-14(10-21)5-7-25-15/h5,7,13H,4,6,8-12H2,1-3H3,(H,20,24)/t13-,19-/m0/s1. The third kappa shape index (κ3) is 2.99. The fourth-order valence-corrected chi connectivity index (χ4v) is 6.15. The van der Waals surface area contributed by atoms with Crippen LogP contribution in [0.3, 0.4) is 0 Å². The summed E-state index contributed by atoms with van der Waals surface area (Å²) < 4.78 is 0. The number of hydrogen-bond donors (Lipinski definition) is 1. The molecule has 0 bridgehead atoms. The molecule has 0 unspecified atom stereocenters. The average Bonchev–Trinajstić information content (AvgIpc) is 3.04. The van der Waals surface area contributed by atoms with Crippen LogP contribution in [0.5, 0.6) is 0 Å². The molecule has 25 heavy (non-hydrogen) atoms. The Hall–Kier alpha value is -1.40. The SMILES string of the molecule is C[C@H]1CC(C)(C)C[C@]2(C1)NC(=O)N(CN1CCc3sccc3C1)C2=O. The predicted octanol–water partition coefficient (Wildman–Crippen LogP) is 3.20. The number of amides is 3. The first kappa shape index (κ1) is 17.0. The van der Waals surface area contributed by atoms with E-state index in [-0.39, 0.29) is 17.4 Å². The first-order valence-corrected chi connectivity index (χ1v) is 10.1. The smallest absolute Gasteiger partial charge is 0.323 e. The lowest BCUT2D eigenvalue weighted by atomic mass is 9.64. The van der Waals surface area contributed by atoms with Gasteiger partial charge in [0.05, 0.1) is 6.67 Å². The molecule has 136 valence electrons. The van der Waals surface area contributed by atoms with E-state index in [0.717, 1.165) is 38.8 Å². The van der Waals surface area contributed by atoms with Crippen molar-refractivity contribution in [1.82, 2.24) is 15.1 Å². The lowest BCUT2D eigenvalue weighted by Crippen LogP contribution is -2.54. The molecule has 1 aliphatic carbocycles. The van der Waals surface area contributed by atoms with Crippen LogP contribution in [0.15, 0.2) is 11.4 Å². The molecule has 1 aromatic rings. The van der Waals surface area contributed by atoms with Crippen molar-refractivity contribution in [3.05, 3.63) is 21.9 Å². The van der Waals surface area contributed by atoms with Crippen LogP contribution in [0.1, 0.15) is 50.5 Å². The molecule has 1 saturated heterocycles. The minimum Gasteiger partial charge on any atom is -0.323 e. The average molecular weight is 362 g/mol. The van der Waals surface area contributed by atoms with Crippen LogP contribution < -0.4 is 5.32 Å². The highest BCUT2D eigenvalue weighted by Gasteiger charge is 2.56. The number of hydrogen-bond acceptors (Lipinski definition) is 4. The van der Waals surface area contributed by atoms with Gasteiger partial charge in [0.2, 0.25) is 0 Å². The van der Waals surface area contributed by atoms with E-state index in [1.807, 2.05) is 0 Å². The van der Waals surface area contributed by atoms with E-state index in [0.29, 0.717) is 12.6 Å². The maximum atomic E-state index is 13.2. The Morgan fingerprint density at radius 1 is 1.32 bits per heavy atom. The fourth-order valence-electron chi connectivity index (χ4n) is 5.26. The molecule has 2 aliphatic heterocycles. The van der Waals surface area contributed by atoms with Crippen molar-refractivity contribution < 1.29 is 9.59 Å². The van der Waals surface area contributed by atoms with Crippen molar-refractivity contribution in [3.63, 3.8) is 0 Å². The van der Waals surface area contributed by atoms with Gasteiger partial charge in [-0.15, -0.1) is 11.3 Å². The molecular formula is C19H27N3O2S. The number of nitrogens with one attached hydrogen (secondary N) is 1. The molecule has 5 nitrogen and oxygen atoms in total. The number of imide groups is 1. The van der Waals surface area contributed by atoms with E-state index in [1.54, 1.807) is 11.3 Å². The van der Waals surface area contributed by atoms with Crippen LogP contribution in [0.25, 0.3) is 0 Å². The molecule has 1 spiro atoms. The Labute approximate surface area is 153 Å². The number of rotatable bonds is 2. The van der Waals surface area contributed by atoms with Crippen molar-refractivity contribution in [2.24, 2.45) is 11.3 Å². The Balaban J connectivity index is 1.50. The monoisotopic (exact) mass is 361 g/mol. The summed E-state index contributed by atoms with van der Waals surface area (Å²) in [6.45, 7) is 8.72. The second-order valence-corrected chi connectivity index (χ2v) is 9.91. The summed E-state index contributed by atoms with van der Waals surface area (Å²) >= 11 is 1.80. The summed E-state index contributed by atoms with van der Waals surface area (Å²) in [7, 11) is 0. The van der Waals surface area contributed by atoms with E-state index < -0.39 is 5.54 Å². The van der Waals surface area contributed by atoms with Gasteiger partial charge in [-0.1, -0.05) is 20.8 Å². The zero-order valence-corrected chi connectivity index (χ0v) is 16.1. The van der Waals surface area contributed by atoms with Crippen molar-refractivity contribution in [3.8, 4) is 0 Å². The molecule has 2 fully saturated rings. The molecule has 3 heterocycles. The molecule has 4 rings (SSSR count). The number of urea groups is 1. The Morgan fingerprint density at radius 3 is 2.88 bits per heavy atom. The van der Waals surface area contributed by atoms with Crippen molar-refractivity contribution in [2.45, 2.75) is 58.5 Å². The van der Waals surface area contributed by atoms with Gasteiger partial charge in [-0.2, -0.15) is 0 Å². The number of thiophene rings is 1. The van der Waals surface area contributed by atoms with E-state index in [9.17, 15) is 9.59 Å². The summed E-state index contributed by atoms with van der Waals surface area (Å²) in [6.07, 6.45) is 3.60. The number of fused-ring (bicyclic) bond motifs is 1. The molecule has 2 atom stereocenters. The molecule has 6 heteroatoms. The minimum atomic E-state index is -0.693. The van der Waals surface area contributed by atoms with Crippen LogP contribution in [0.4, 0.5) is 4.79 Å². The third-order valence-electron chi connectivity index (χ3n) is 5.85. The second-order valence-electron chi connectivity index (χ2n) is 8.91. The van der Waals surface area contributed by atoms with Crippen molar-refractivity contribution >= 4 is 23.3 Å². The fraction of sp³-hybridized carbons (Fsp3) is 0.684. The Kier molecular flexibility index (Phi) is 3.96. The zero-order chi connectivity index (χ0) is 17.8. The van der Waals surface area contributed by atoms with Gasteiger partial charge in [-0.05, 0) is 54.0 Å². The first-order chi connectivity index (χ1) is 11.8. The zero-order valence-electron chi connectivity index (χ0n) is 15.3. The van der Waals surface area contributed by atoms with Gasteiger partial charge in [0, 0.05) is 18.0 Å². The predicted molar refractivity (Wildman–Crippen MR) is 98.2 cm³/mol. The second kappa shape index (κ2) is 5.81. The quantitative estimate of drug-likeness (QED) is 0.823. The molecule has 0 aromatic carbocycles. The van der Waals surface area contributed by atoms with Gasteiger partial charge >= 0.3 is 6.03 Å². The molecule has 3 amide bonds. The Morgan fingerprint density at radius 2 is 2.12 bits per heavy atom. The molecule has 1 aromatic heterocycles. The van der Waals surface area contributed by atoms with Crippen LogP contribution in [0, 0.1) is 11.3 Å². The summed E-state index contributed by atoms with van der Waals surface area (Å²) in [5, 5.41) is 5.20. The number of nitrogens with zero attached hydrogens (tertiary/aromatic N) is 2. The van der Waals surface area contributed by atoms with Gasteiger partial charge < -0.3 is 5.32 Å². The lowest BCUT2D eigenvalue weighted by molar-refractivity contribution is -0.136. The van der Waals surface area contributed by atoms with E-state index >= 15 is 0 Å². The summed E-state index contributed by atoms with van der Waals surface area (Å²) in [6, 6.07) is 1.94. The van der Waals surface area contributed by atoms with E-state index in [4.69, 9.17) is 0 Å². The lowest BCUT2D eigenvalue weighted by Gasteiger charge is -2.44. The van der Waals surface area contributed by atoms with Crippen molar-refractivity contribution in [2.75, 3.05) is 13.2 Å². The van der Waals surface area contributed by atoms with Crippen LogP contribution >= 0.6 is 11.3 Å². The number of carbonyl (C=O) groups is 2. The first-order valence-electron chi connectivity index (χ1n) is 9.20. The maximum Gasteiger partial charge on any atom is 0.326 e. The highest BCUT2D eigenvalue weighted by atomic mass is 32.1. The molecular weight excluding hydrogens is 334 g/mol. The van der Waals surface area contributed by atoms with E-state index in [2.05, 4.69) is 42.4 Å². The normalized spacial score (nSPS) is 32.1. The van der Waals surface area contributed by atoms with Gasteiger partial charge in [-0.3, -0.25) is 9.69 Å². The largest absolute Gasteiger partial charge is 0.326 e. The van der Waals surface area contributed by atoms with Gasteiger partial charge in [0.25, 0.3) is 5.91 Å². The van der Waals surface area contributed by atoms with E-state index in [1.165, 1.54) is 15.3 Å². The van der Waals surface area contributed by atoms with Gasteiger partial charge in [0.1, 0.15) is 5.54 Å². The Bertz CT molecular complexity index is 713. The number of carbonyl (C=O) groups excluding carboxylic acids is 2. The summed E-state index contributed by atoms with van der Waals surface area (Å²) in [4.78, 5) is 30.9. The van der Waals surface area contributed by atoms with Gasteiger partial charge in [0.15, 0.2) is 0 Å². The topological polar surface area (TPSA) is 52.7 Å².